The molecule has 2 aromatic rings. The van der Waals surface area contributed by atoms with E-state index in [1.807, 2.05) is 49.6 Å². The molecule has 0 fully saturated rings. The third-order valence-corrected chi connectivity index (χ3v) is 4.54. The van der Waals surface area contributed by atoms with Gasteiger partial charge in [-0.05, 0) is 32.9 Å². The van der Waals surface area contributed by atoms with Gasteiger partial charge in [-0.3, -0.25) is 9.36 Å². The number of rotatable bonds is 8. The van der Waals surface area contributed by atoms with Gasteiger partial charge in [0.25, 0.3) is 0 Å². The van der Waals surface area contributed by atoms with Crippen LogP contribution in [0.3, 0.4) is 0 Å². The quantitative estimate of drug-likeness (QED) is 0.578. The van der Waals surface area contributed by atoms with Gasteiger partial charge in [-0.15, -0.1) is 16.8 Å². The molecule has 0 aliphatic heterocycles. The Labute approximate surface area is 152 Å². The van der Waals surface area contributed by atoms with Crippen LogP contribution in [0, 0.1) is 0 Å². The molecule has 0 radical (unpaired) electrons. The molecule has 1 heterocycles. The summed E-state index contributed by atoms with van der Waals surface area (Å²) in [6.45, 7) is 10.1. The van der Waals surface area contributed by atoms with Gasteiger partial charge in [-0.2, -0.15) is 0 Å². The Morgan fingerprint density at radius 3 is 2.72 bits per heavy atom. The number of nitrogens with one attached hydrogen (secondary N) is 1. The van der Waals surface area contributed by atoms with Gasteiger partial charge in [0.1, 0.15) is 5.75 Å². The summed E-state index contributed by atoms with van der Waals surface area (Å²) < 4.78 is 7.37. The summed E-state index contributed by atoms with van der Waals surface area (Å²) in [5.41, 5.74) is 0.852. The Bertz CT molecular complexity index is 742. The van der Waals surface area contributed by atoms with E-state index in [0.717, 1.165) is 11.3 Å². The molecule has 0 bridgehead atoms. The highest BCUT2D eigenvalue weighted by molar-refractivity contribution is 8.00. The minimum Gasteiger partial charge on any atom is -0.496 e. The second-order valence-electron chi connectivity index (χ2n) is 5.83. The first kappa shape index (κ1) is 19.1. The number of carbonyl (C=O) groups is 1. The van der Waals surface area contributed by atoms with Crippen molar-refractivity contribution in [2.24, 2.45) is 0 Å². The van der Waals surface area contributed by atoms with Crippen molar-refractivity contribution >= 4 is 17.7 Å². The first-order valence-electron chi connectivity index (χ1n) is 8.12. The molecule has 0 aliphatic carbocycles. The molecule has 1 N–H and O–H groups in total. The van der Waals surface area contributed by atoms with Crippen LogP contribution in [0.15, 0.2) is 42.1 Å². The zero-order valence-corrected chi connectivity index (χ0v) is 15.8. The number of ether oxygens (including phenoxy) is 1. The summed E-state index contributed by atoms with van der Waals surface area (Å²) in [5.74, 6) is 1.39. The molecule has 134 valence electrons. The van der Waals surface area contributed by atoms with E-state index in [2.05, 4.69) is 22.1 Å². The minimum atomic E-state index is -0.277. The number of allylic oxidation sites excluding steroid dienone is 1. The van der Waals surface area contributed by atoms with E-state index >= 15 is 0 Å². The molecule has 1 atom stereocenters. The highest BCUT2D eigenvalue weighted by atomic mass is 32.2. The number of amides is 1. The van der Waals surface area contributed by atoms with Crippen molar-refractivity contribution in [2.45, 2.75) is 43.8 Å². The second kappa shape index (κ2) is 8.71. The van der Waals surface area contributed by atoms with Gasteiger partial charge >= 0.3 is 0 Å². The molecular formula is C18H24N4O2S. The second-order valence-corrected chi connectivity index (χ2v) is 7.14. The molecule has 1 aromatic carbocycles. The van der Waals surface area contributed by atoms with Crippen molar-refractivity contribution in [3.8, 4) is 17.1 Å². The molecule has 1 amide bonds. The van der Waals surface area contributed by atoms with Crippen LogP contribution in [0.1, 0.15) is 20.8 Å². The highest BCUT2D eigenvalue weighted by Gasteiger charge is 2.21. The molecule has 0 aliphatic rings. The first-order chi connectivity index (χ1) is 12.0. The van der Waals surface area contributed by atoms with Crippen LogP contribution in [0.4, 0.5) is 0 Å². The minimum absolute atomic E-state index is 0.0213. The number of methoxy groups -OCH3 is 1. The molecule has 0 spiro atoms. The van der Waals surface area contributed by atoms with Gasteiger partial charge in [0, 0.05) is 12.6 Å². The van der Waals surface area contributed by atoms with E-state index in [0.29, 0.717) is 17.5 Å². The maximum Gasteiger partial charge on any atom is 0.233 e. The summed E-state index contributed by atoms with van der Waals surface area (Å²) in [6.07, 6.45) is 1.78. The van der Waals surface area contributed by atoms with Gasteiger partial charge in [0.2, 0.25) is 5.91 Å². The lowest BCUT2D eigenvalue weighted by Gasteiger charge is -2.15. The third kappa shape index (κ3) is 4.63. The van der Waals surface area contributed by atoms with Crippen LogP contribution in [-0.2, 0) is 11.3 Å². The molecule has 25 heavy (non-hydrogen) atoms. The number of carbonyl (C=O) groups excluding carboxylic acids is 1. The van der Waals surface area contributed by atoms with Gasteiger partial charge in [-0.1, -0.05) is 30.0 Å². The zero-order valence-electron chi connectivity index (χ0n) is 15.0. The monoisotopic (exact) mass is 360 g/mol. The van der Waals surface area contributed by atoms with Crippen LogP contribution in [0.5, 0.6) is 5.75 Å². The molecule has 2 rings (SSSR count). The Morgan fingerprint density at radius 2 is 2.08 bits per heavy atom. The molecule has 0 saturated heterocycles. The van der Waals surface area contributed by atoms with Crippen molar-refractivity contribution < 1.29 is 9.53 Å². The summed E-state index contributed by atoms with van der Waals surface area (Å²) in [7, 11) is 1.63. The zero-order chi connectivity index (χ0) is 18.4. The lowest BCUT2D eigenvalue weighted by atomic mass is 10.2. The van der Waals surface area contributed by atoms with E-state index in [4.69, 9.17) is 4.74 Å². The molecule has 1 aromatic heterocycles. The smallest absolute Gasteiger partial charge is 0.233 e. The molecule has 7 heteroatoms. The highest BCUT2D eigenvalue weighted by Crippen LogP contribution is 2.32. The van der Waals surface area contributed by atoms with Crippen molar-refractivity contribution in [3.05, 3.63) is 36.9 Å². The number of thioether (sulfide) groups is 1. The van der Waals surface area contributed by atoms with Crippen LogP contribution >= 0.6 is 11.8 Å². The SMILES string of the molecule is C=CCn1c(SC(C)C(=O)NC(C)C)nnc1-c1ccccc1OC. The van der Waals surface area contributed by atoms with E-state index < -0.39 is 0 Å². The fraction of sp³-hybridized carbons (Fsp3) is 0.389. The summed E-state index contributed by atoms with van der Waals surface area (Å²) >= 11 is 1.38. The number of benzene rings is 1. The Hall–Kier alpha value is -2.28. The fourth-order valence-electron chi connectivity index (χ4n) is 2.31. The lowest BCUT2D eigenvalue weighted by molar-refractivity contribution is -0.120. The lowest BCUT2D eigenvalue weighted by Crippen LogP contribution is -2.36. The van der Waals surface area contributed by atoms with E-state index in [9.17, 15) is 4.79 Å². The van der Waals surface area contributed by atoms with Crippen LogP contribution in [0.2, 0.25) is 0 Å². The Balaban J connectivity index is 2.33. The maximum atomic E-state index is 12.2. The van der Waals surface area contributed by atoms with Crippen molar-refractivity contribution in [1.29, 1.82) is 0 Å². The van der Waals surface area contributed by atoms with Crippen LogP contribution < -0.4 is 10.1 Å². The van der Waals surface area contributed by atoms with E-state index in [1.54, 1.807) is 13.2 Å². The average Bonchev–Trinajstić information content (AvgIpc) is 2.97. The van der Waals surface area contributed by atoms with Gasteiger partial charge in [-0.25, -0.2) is 0 Å². The molecule has 6 nitrogen and oxygen atoms in total. The van der Waals surface area contributed by atoms with Gasteiger partial charge < -0.3 is 10.1 Å². The largest absolute Gasteiger partial charge is 0.496 e. The van der Waals surface area contributed by atoms with Gasteiger partial charge in [0.15, 0.2) is 11.0 Å². The molecule has 0 saturated carbocycles. The summed E-state index contributed by atoms with van der Waals surface area (Å²) in [6, 6.07) is 7.76. The normalized spacial score (nSPS) is 12.0. The van der Waals surface area contributed by atoms with Crippen LogP contribution in [-0.4, -0.2) is 39.1 Å². The third-order valence-electron chi connectivity index (χ3n) is 3.46. The maximum absolute atomic E-state index is 12.2. The van der Waals surface area contributed by atoms with Crippen molar-refractivity contribution in [2.75, 3.05) is 7.11 Å². The van der Waals surface area contributed by atoms with Crippen molar-refractivity contribution in [1.82, 2.24) is 20.1 Å². The fourth-order valence-corrected chi connectivity index (χ4v) is 3.18. The first-order valence-corrected chi connectivity index (χ1v) is 9.00. The number of hydrogen-bond acceptors (Lipinski definition) is 5. The molecular weight excluding hydrogens is 336 g/mol. The predicted octanol–water partition coefficient (Wildman–Crippen LogP) is 3.14. The van der Waals surface area contributed by atoms with E-state index in [1.165, 1.54) is 11.8 Å². The standard InChI is InChI=1S/C18H24N4O2S/c1-6-11-22-16(14-9-7-8-10-15(14)24-5)20-21-18(22)25-13(4)17(23)19-12(2)3/h6-10,12-13H,1,11H2,2-5H3,(H,19,23). The Kier molecular flexibility index (Phi) is 6.64. The summed E-state index contributed by atoms with van der Waals surface area (Å²) in [5, 5.41) is 11.9. The average molecular weight is 360 g/mol. The Morgan fingerprint density at radius 1 is 1.36 bits per heavy atom. The number of hydrogen-bond donors (Lipinski definition) is 1. The number of nitrogens with zero attached hydrogens (tertiary/aromatic N) is 3. The number of para-hydroxylation sites is 1. The van der Waals surface area contributed by atoms with Crippen molar-refractivity contribution in [3.63, 3.8) is 0 Å². The van der Waals surface area contributed by atoms with Crippen LogP contribution in [0.25, 0.3) is 11.4 Å². The van der Waals surface area contributed by atoms with Gasteiger partial charge in [0.05, 0.1) is 17.9 Å². The summed E-state index contributed by atoms with van der Waals surface area (Å²) in [4.78, 5) is 12.2. The predicted molar refractivity (Wildman–Crippen MR) is 101 cm³/mol. The molecule has 1 unspecified atom stereocenters. The topological polar surface area (TPSA) is 69.0 Å². The number of aromatic nitrogens is 3. The van der Waals surface area contributed by atoms with E-state index in [-0.39, 0.29) is 17.2 Å².